The van der Waals surface area contributed by atoms with E-state index in [1.165, 1.54) is 48.3 Å². The quantitative estimate of drug-likeness (QED) is 0.216. The Bertz CT molecular complexity index is 1590. The summed E-state index contributed by atoms with van der Waals surface area (Å²) in [6.07, 6.45) is -5.30. The van der Waals surface area contributed by atoms with Gasteiger partial charge in [0.1, 0.15) is 23.4 Å². The highest BCUT2D eigenvalue weighted by Gasteiger charge is 2.32. The van der Waals surface area contributed by atoms with Gasteiger partial charge >= 0.3 is 6.18 Å². The van der Waals surface area contributed by atoms with Gasteiger partial charge in [0.05, 0.1) is 31.2 Å². The van der Waals surface area contributed by atoms with Crippen molar-refractivity contribution in [1.29, 1.82) is 0 Å². The summed E-state index contributed by atoms with van der Waals surface area (Å²) in [7, 11) is 0. The van der Waals surface area contributed by atoms with E-state index in [4.69, 9.17) is 4.74 Å². The molecule has 0 aliphatic heterocycles. The van der Waals surface area contributed by atoms with Crippen molar-refractivity contribution >= 4 is 11.8 Å². The van der Waals surface area contributed by atoms with Gasteiger partial charge in [-0.15, -0.1) is 10.2 Å². The second-order valence-corrected chi connectivity index (χ2v) is 9.37. The Morgan fingerprint density at radius 3 is 2.30 bits per heavy atom. The molecule has 0 fully saturated rings. The molecule has 18 heteroatoms. The van der Waals surface area contributed by atoms with Gasteiger partial charge in [0.25, 0.3) is 11.8 Å². The third-order valence-electron chi connectivity index (χ3n) is 5.88. The second-order valence-electron chi connectivity index (χ2n) is 9.37. The number of nitrogens with zero attached hydrogens (tertiary/aromatic N) is 7. The van der Waals surface area contributed by atoms with Crippen LogP contribution in [0.4, 0.5) is 26.3 Å². The van der Waals surface area contributed by atoms with Crippen LogP contribution in [0.25, 0.3) is 0 Å². The number of benzene rings is 1. The molecule has 2 atom stereocenters. The minimum Gasteiger partial charge on any atom is -0.461 e. The zero-order valence-corrected chi connectivity index (χ0v) is 22.9. The number of hydrogen-bond acceptors (Lipinski definition) is 8. The van der Waals surface area contributed by atoms with Crippen molar-refractivity contribution in [3.05, 3.63) is 82.9 Å². The van der Waals surface area contributed by atoms with Crippen LogP contribution in [-0.4, -0.2) is 59.3 Å². The molecule has 0 spiro atoms. The second kappa shape index (κ2) is 14.0. The van der Waals surface area contributed by atoms with E-state index in [2.05, 4.69) is 36.2 Å². The van der Waals surface area contributed by atoms with Crippen molar-refractivity contribution in [2.75, 3.05) is 0 Å². The molecule has 0 saturated carbocycles. The molecule has 1 aromatic carbocycles. The Labute approximate surface area is 245 Å². The van der Waals surface area contributed by atoms with Crippen molar-refractivity contribution in [2.45, 2.75) is 58.2 Å². The van der Waals surface area contributed by atoms with Gasteiger partial charge in [-0.25, -0.2) is 22.8 Å². The summed E-state index contributed by atoms with van der Waals surface area (Å²) >= 11 is 0. The molecule has 4 rings (SSSR count). The molecule has 0 aliphatic carbocycles. The van der Waals surface area contributed by atoms with E-state index in [9.17, 15) is 35.9 Å². The minimum atomic E-state index is -4.62. The molecule has 2 N–H and O–H groups in total. The van der Waals surface area contributed by atoms with Gasteiger partial charge in [0, 0.05) is 32.0 Å². The summed E-state index contributed by atoms with van der Waals surface area (Å²) in [4.78, 5) is 28.2. The summed E-state index contributed by atoms with van der Waals surface area (Å²) in [6.45, 7) is 0.401. The van der Waals surface area contributed by atoms with E-state index in [0.29, 0.717) is 0 Å². The van der Waals surface area contributed by atoms with Crippen molar-refractivity contribution < 1.29 is 40.7 Å². The average molecular weight is 626 g/mol. The number of carbonyl (C=O) groups excluding carboxylic acids is 2. The molecule has 3 heterocycles. The number of alkyl halides is 5. The van der Waals surface area contributed by atoms with E-state index in [1.54, 1.807) is 0 Å². The summed E-state index contributed by atoms with van der Waals surface area (Å²) in [5.74, 6) is -1.95. The molecular weight excluding hydrogens is 600 g/mol. The topological polar surface area (TPSA) is 142 Å². The number of hydrogen-bond donors (Lipinski definition) is 2. The summed E-state index contributed by atoms with van der Waals surface area (Å²) in [6, 6.07) is 6.89. The molecular formula is C26H25F6N9O3. The Morgan fingerprint density at radius 2 is 1.61 bits per heavy atom. The fourth-order valence-electron chi connectivity index (χ4n) is 3.78. The molecule has 234 valence electrons. The van der Waals surface area contributed by atoms with Crippen LogP contribution in [0.3, 0.4) is 0 Å². The number of ether oxygens (including phenoxy) is 1. The van der Waals surface area contributed by atoms with Crippen LogP contribution in [0.1, 0.15) is 51.3 Å². The first-order chi connectivity index (χ1) is 20.9. The van der Waals surface area contributed by atoms with E-state index in [1.807, 2.05) is 0 Å². The predicted molar refractivity (Wildman–Crippen MR) is 139 cm³/mol. The molecule has 44 heavy (non-hydrogen) atoms. The van der Waals surface area contributed by atoms with Crippen LogP contribution in [0, 0.1) is 5.82 Å². The Kier molecular flexibility index (Phi) is 10.1. The van der Waals surface area contributed by atoms with Crippen LogP contribution < -0.4 is 15.4 Å². The molecule has 4 aromatic rings. The van der Waals surface area contributed by atoms with Gasteiger partial charge in [-0.2, -0.15) is 13.2 Å². The molecule has 3 aromatic heterocycles. The van der Waals surface area contributed by atoms with Crippen LogP contribution in [-0.2, 0) is 32.4 Å². The van der Waals surface area contributed by atoms with Crippen LogP contribution in [0.15, 0.2) is 48.8 Å². The fourth-order valence-corrected chi connectivity index (χ4v) is 3.78. The molecule has 0 radical (unpaired) electrons. The lowest BCUT2D eigenvalue weighted by atomic mass is 10.2. The first-order valence-corrected chi connectivity index (χ1v) is 13.0. The average Bonchev–Trinajstić information content (AvgIpc) is 3.64. The number of carbonyl (C=O) groups is 2. The molecule has 0 saturated heterocycles. The van der Waals surface area contributed by atoms with E-state index < -0.39 is 42.0 Å². The first-order valence-electron chi connectivity index (χ1n) is 13.0. The lowest BCUT2D eigenvalue weighted by Crippen LogP contribution is -2.24. The number of aromatic nitrogens is 7. The number of rotatable bonds is 13. The standard InChI is InChI=1S/C26H25F6N9O3/c1-15(27)44-19-5-6-20(29)16(9-19)10-33-24(42)21-13-40(38-36-21)8-7-17(28)12-41-14-22(37-39-41)25(43)34-11-18-3-2-4-23(35-18)26(30,31)32/h2-6,9,13-15,17H,7-8,10-12H2,1H3,(H,33,42)(H,34,43)/t15-,17?/m1/s1. The Balaban J connectivity index is 1.22. The van der Waals surface area contributed by atoms with Gasteiger partial charge in [-0.3, -0.25) is 14.3 Å². The minimum absolute atomic E-state index is 0.0169. The summed E-state index contributed by atoms with van der Waals surface area (Å²) < 4.78 is 87.3. The monoisotopic (exact) mass is 625 g/mol. The van der Waals surface area contributed by atoms with Crippen molar-refractivity contribution in [1.82, 2.24) is 45.6 Å². The van der Waals surface area contributed by atoms with Gasteiger partial charge in [-0.1, -0.05) is 16.5 Å². The van der Waals surface area contributed by atoms with E-state index in [0.717, 1.165) is 16.8 Å². The Morgan fingerprint density at radius 1 is 0.955 bits per heavy atom. The maximum absolute atomic E-state index is 14.6. The maximum Gasteiger partial charge on any atom is 0.433 e. The highest BCUT2D eigenvalue weighted by atomic mass is 19.4. The SMILES string of the molecule is C[C@H](F)Oc1ccc(F)c(CNC(=O)c2cn(CCC(F)Cn3cc(C(=O)NCc4cccc(C(F)(F)F)n4)nn3)nn2)c1. The van der Waals surface area contributed by atoms with Crippen molar-refractivity contribution in [2.24, 2.45) is 0 Å². The normalized spacial score (nSPS) is 12.9. The van der Waals surface area contributed by atoms with Gasteiger partial charge in [-0.05, 0) is 30.3 Å². The largest absolute Gasteiger partial charge is 0.461 e. The molecule has 0 aliphatic rings. The van der Waals surface area contributed by atoms with Crippen LogP contribution >= 0.6 is 0 Å². The van der Waals surface area contributed by atoms with Crippen LogP contribution in [0.5, 0.6) is 5.75 Å². The third kappa shape index (κ3) is 8.98. The van der Waals surface area contributed by atoms with Crippen molar-refractivity contribution in [3.63, 3.8) is 0 Å². The zero-order chi connectivity index (χ0) is 31.9. The molecule has 2 amide bonds. The Hall–Kier alpha value is -5.03. The van der Waals surface area contributed by atoms with Gasteiger partial charge in [0.2, 0.25) is 6.36 Å². The third-order valence-corrected chi connectivity index (χ3v) is 5.88. The van der Waals surface area contributed by atoms with Gasteiger partial charge < -0.3 is 15.4 Å². The summed E-state index contributed by atoms with van der Waals surface area (Å²) in [5.41, 5.74) is -1.32. The van der Waals surface area contributed by atoms with Crippen LogP contribution in [0.2, 0.25) is 0 Å². The highest BCUT2D eigenvalue weighted by Crippen LogP contribution is 2.27. The number of amides is 2. The number of aryl methyl sites for hydroxylation is 1. The lowest BCUT2D eigenvalue weighted by Gasteiger charge is -2.10. The fraction of sp³-hybridized carbons (Fsp3) is 0.346. The first kappa shape index (κ1) is 31.9. The number of pyridine rings is 1. The lowest BCUT2D eigenvalue weighted by molar-refractivity contribution is -0.141. The predicted octanol–water partition coefficient (Wildman–Crippen LogP) is 3.41. The number of nitrogens with one attached hydrogen (secondary N) is 2. The smallest absolute Gasteiger partial charge is 0.433 e. The van der Waals surface area contributed by atoms with E-state index in [-0.39, 0.29) is 61.0 Å². The van der Waals surface area contributed by atoms with Gasteiger partial charge in [0.15, 0.2) is 11.4 Å². The highest BCUT2D eigenvalue weighted by molar-refractivity contribution is 5.92. The van der Waals surface area contributed by atoms with Crippen molar-refractivity contribution in [3.8, 4) is 5.75 Å². The molecule has 1 unspecified atom stereocenters. The zero-order valence-electron chi connectivity index (χ0n) is 22.9. The molecule has 12 nitrogen and oxygen atoms in total. The van der Waals surface area contributed by atoms with E-state index >= 15 is 0 Å². The summed E-state index contributed by atoms with van der Waals surface area (Å²) in [5, 5.41) is 19.7. The number of halogens is 6. The molecule has 0 bridgehead atoms. The maximum atomic E-state index is 14.6.